The first-order valence-corrected chi connectivity index (χ1v) is 6.28. The van der Waals surface area contributed by atoms with Crippen molar-refractivity contribution >= 4 is 0 Å². The number of halogens is 3. The molecule has 0 spiro atoms. The summed E-state index contributed by atoms with van der Waals surface area (Å²) in [6.07, 6.45) is 1.48. The molecule has 0 bridgehead atoms. The van der Waals surface area contributed by atoms with Gasteiger partial charge in [0.2, 0.25) is 0 Å². The van der Waals surface area contributed by atoms with Crippen LogP contribution in [0.4, 0.5) is 13.2 Å². The van der Waals surface area contributed by atoms with Crippen LogP contribution < -0.4 is 0 Å². The molecule has 0 amide bonds. The van der Waals surface area contributed by atoms with Crippen molar-refractivity contribution in [2.24, 2.45) is 0 Å². The third-order valence-electron chi connectivity index (χ3n) is 3.54. The zero-order chi connectivity index (χ0) is 13.2. The maximum Gasteiger partial charge on any atom is 0.435 e. The highest BCUT2D eigenvalue weighted by molar-refractivity contribution is 5.03. The highest BCUT2D eigenvalue weighted by Crippen LogP contribution is 2.27. The molecule has 0 aromatic carbocycles. The van der Waals surface area contributed by atoms with Crippen LogP contribution in [0.15, 0.2) is 12.3 Å². The molecule has 1 unspecified atom stereocenters. The van der Waals surface area contributed by atoms with Crippen molar-refractivity contribution in [3.05, 3.63) is 18.0 Å². The van der Waals surface area contributed by atoms with E-state index in [0.29, 0.717) is 12.6 Å². The first-order chi connectivity index (χ1) is 8.47. The first kappa shape index (κ1) is 13.4. The quantitative estimate of drug-likeness (QED) is 0.834. The molecule has 1 fully saturated rings. The van der Waals surface area contributed by atoms with E-state index in [1.807, 2.05) is 0 Å². The minimum atomic E-state index is -4.34. The molecule has 1 aliphatic heterocycles. The van der Waals surface area contributed by atoms with Crippen LogP contribution >= 0.6 is 0 Å². The highest BCUT2D eigenvalue weighted by Gasteiger charge is 2.33. The lowest BCUT2D eigenvalue weighted by Crippen LogP contribution is -2.36. The summed E-state index contributed by atoms with van der Waals surface area (Å²) in [6, 6.07) is 1.50. The van der Waals surface area contributed by atoms with Gasteiger partial charge in [-0.25, -0.2) is 0 Å². The van der Waals surface area contributed by atoms with E-state index >= 15 is 0 Å². The largest absolute Gasteiger partial charge is 0.435 e. The fraction of sp³-hybridized carbons (Fsp3) is 0.750. The van der Waals surface area contributed by atoms with Crippen LogP contribution in [-0.4, -0.2) is 34.3 Å². The van der Waals surface area contributed by atoms with Crippen molar-refractivity contribution in [2.45, 2.75) is 44.4 Å². The van der Waals surface area contributed by atoms with Crippen molar-refractivity contribution in [1.82, 2.24) is 14.7 Å². The number of likely N-dealkylation sites (tertiary alicyclic amines) is 1. The van der Waals surface area contributed by atoms with Gasteiger partial charge in [-0.05, 0) is 38.9 Å². The van der Waals surface area contributed by atoms with Crippen LogP contribution in [0.5, 0.6) is 0 Å². The third kappa shape index (κ3) is 3.25. The van der Waals surface area contributed by atoms with Gasteiger partial charge >= 0.3 is 6.18 Å². The van der Waals surface area contributed by atoms with Gasteiger partial charge in [0.15, 0.2) is 5.69 Å². The van der Waals surface area contributed by atoms with E-state index in [2.05, 4.69) is 17.0 Å². The molecule has 1 aromatic heterocycles. The highest BCUT2D eigenvalue weighted by atomic mass is 19.4. The molecule has 6 heteroatoms. The van der Waals surface area contributed by atoms with Crippen LogP contribution in [-0.2, 0) is 12.7 Å². The van der Waals surface area contributed by atoms with E-state index in [4.69, 9.17) is 0 Å². The summed E-state index contributed by atoms with van der Waals surface area (Å²) in [5.41, 5.74) is -0.806. The Bertz CT molecular complexity index is 386. The Hall–Kier alpha value is -1.04. The molecule has 2 rings (SSSR count). The van der Waals surface area contributed by atoms with Gasteiger partial charge < -0.3 is 4.90 Å². The summed E-state index contributed by atoms with van der Waals surface area (Å²) < 4.78 is 38.5. The summed E-state index contributed by atoms with van der Waals surface area (Å²) in [4.78, 5) is 2.29. The second kappa shape index (κ2) is 5.30. The maximum atomic E-state index is 12.4. The van der Waals surface area contributed by atoms with Crippen LogP contribution in [0.2, 0.25) is 0 Å². The topological polar surface area (TPSA) is 21.1 Å². The van der Waals surface area contributed by atoms with Gasteiger partial charge in [-0.15, -0.1) is 0 Å². The van der Waals surface area contributed by atoms with Crippen molar-refractivity contribution in [1.29, 1.82) is 0 Å². The van der Waals surface area contributed by atoms with E-state index in [-0.39, 0.29) is 0 Å². The third-order valence-corrected chi connectivity index (χ3v) is 3.54. The van der Waals surface area contributed by atoms with E-state index in [9.17, 15) is 13.2 Å². The standard InChI is InChI=1S/C12H18F3N3/c1-17-7-3-2-4-10(17)5-8-18-9-6-11(16-18)12(13,14)15/h6,9-10H,2-5,7-8H2,1H3. The van der Waals surface area contributed by atoms with E-state index in [1.54, 1.807) is 0 Å². The predicted molar refractivity (Wildman–Crippen MR) is 62.1 cm³/mol. The minimum absolute atomic E-state index is 0.470. The van der Waals surface area contributed by atoms with Gasteiger partial charge in [-0.1, -0.05) is 6.42 Å². The van der Waals surface area contributed by atoms with Crippen molar-refractivity contribution in [3.63, 3.8) is 0 Å². The molecule has 2 heterocycles. The lowest BCUT2D eigenvalue weighted by atomic mass is 10.0. The van der Waals surface area contributed by atoms with E-state index in [1.165, 1.54) is 23.7 Å². The van der Waals surface area contributed by atoms with Crippen LogP contribution in [0.25, 0.3) is 0 Å². The van der Waals surface area contributed by atoms with Crippen molar-refractivity contribution in [3.8, 4) is 0 Å². The summed E-state index contributed by atoms with van der Waals surface area (Å²) in [6.45, 7) is 1.63. The minimum Gasteiger partial charge on any atom is -0.303 e. The fourth-order valence-electron chi connectivity index (χ4n) is 2.43. The second-order valence-electron chi connectivity index (χ2n) is 4.88. The van der Waals surface area contributed by atoms with Gasteiger partial charge in [-0.2, -0.15) is 18.3 Å². The smallest absolute Gasteiger partial charge is 0.303 e. The Labute approximate surface area is 105 Å². The molecule has 0 radical (unpaired) electrons. The molecule has 102 valence electrons. The second-order valence-corrected chi connectivity index (χ2v) is 4.88. The zero-order valence-electron chi connectivity index (χ0n) is 10.5. The molecule has 1 atom stereocenters. The number of rotatable bonds is 3. The van der Waals surface area contributed by atoms with Crippen LogP contribution in [0, 0.1) is 0 Å². The van der Waals surface area contributed by atoms with E-state index < -0.39 is 11.9 Å². The fourth-order valence-corrected chi connectivity index (χ4v) is 2.43. The number of nitrogens with zero attached hydrogens (tertiary/aromatic N) is 3. The molecule has 1 aromatic rings. The summed E-state index contributed by atoms with van der Waals surface area (Å²) in [5, 5.41) is 3.56. The summed E-state index contributed by atoms with van der Waals surface area (Å²) in [7, 11) is 2.08. The monoisotopic (exact) mass is 261 g/mol. The number of hydrogen-bond acceptors (Lipinski definition) is 2. The molecule has 3 nitrogen and oxygen atoms in total. The molecule has 18 heavy (non-hydrogen) atoms. The van der Waals surface area contributed by atoms with Crippen LogP contribution in [0.3, 0.4) is 0 Å². The average Bonchev–Trinajstić information content (AvgIpc) is 2.76. The summed E-state index contributed by atoms with van der Waals surface area (Å²) in [5.74, 6) is 0. The van der Waals surface area contributed by atoms with Gasteiger partial charge in [0.05, 0.1) is 0 Å². The molecule has 1 aliphatic rings. The van der Waals surface area contributed by atoms with E-state index in [0.717, 1.165) is 25.5 Å². The molecular weight excluding hydrogens is 243 g/mol. The van der Waals surface area contributed by atoms with Gasteiger partial charge in [0.1, 0.15) is 0 Å². The zero-order valence-corrected chi connectivity index (χ0v) is 10.5. The van der Waals surface area contributed by atoms with Crippen molar-refractivity contribution < 1.29 is 13.2 Å². The molecular formula is C12H18F3N3. The molecule has 0 N–H and O–H groups in total. The Balaban J connectivity index is 1.88. The maximum absolute atomic E-state index is 12.4. The molecule has 1 saturated heterocycles. The van der Waals surface area contributed by atoms with Gasteiger partial charge in [0.25, 0.3) is 0 Å². The first-order valence-electron chi connectivity index (χ1n) is 6.28. The van der Waals surface area contributed by atoms with Gasteiger partial charge in [0, 0.05) is 18.8 Å². The Morgan fingerprint density at radius 1 is 1.39 bits per heavy atom. The Kier molecular flexibility index (Phi) is 3.94. The molecule has 0 saturated carbocycles. The van der Waals surface area contributed by atoms with Crippen LogP contribution in [0.1, 0.15) is 31.4 Å². The number of aryl methyl sites for hydroxylation is 1. The summed E-state index contributed by atoms with van der Waals surface area (Å²) >= 11 is 0. The van der Waals surface area contributed by atoms with Gasteiger partial charge in [-0.3, -0.25) is 4.68 Å². The number of aromatic nitrogens is 2. The normalized spacial score (nSPS) is 22.3. The molecule has 0 aliphatic carbocycles. The number of alkyl halides is 3. The lowest BCUT2D eigenvalue weighted by Gasteiger charge is -2.32. The average molecular weight is 261 g/mol. The number of piperidine rings is 1. The SMILES string of the molecule is CN1CCCCC1CCn1ccc(C(F)(F)F)n1. The van der Waals surface area contributed by atoms with Crippen molar-refractivity contribution in [2.75, 3.05) is 13.6 Å². The number of hydrogen-bond donors (Lipinski definition) is 0. The predicted octanol–water partition coefficient (Wildman–Crippen LogP) is 2.78. The Morgan fingerprint density at radius 3 is 2.78 bits per heavy atom. The lowest BCUT2D eigenvalue weighted by molar-refractivity contribution is -0.141. The Morgan fingerprint density at radius 2 is 2.17 bits per heavy atom.